The van der Waals surface area contributed by atoms with Crippen LogP contribution in [0.3, 0.4) is 0 Å². The fourth-order valence-electron chi connectivity index (χ4n) is 1.99. The fourth-order valence-corrected chi connectivity index (χ4v) is 2.24. The second-order valence-corrected chi connectivity index (χ2v) is 5.17. The SMILES string of the molecule is Cc1nc(Cl)c(C=O)c(Nc2ccccc2C(C)C)n1. The molecule has 0 bridgehead atoms. The van der Waals surface area contributed by atoms with Gasteiger partial charge in [-0.2, -0.15) is 0 Å². The first-order valence-corrected chi connectivity index (χ1v) is 6.76. The van der Waals surface area contributed by atoms with Crippen molar-refractivity contribution in [1.82, 2.24) is 9.97 Å². The molecule has 1 N–H and O–H groups in total. The van der Waals surface area contributed by atoms with E-state index in [0.29, 0.717) is 23.8 Å². The summed E-state index contributed by atoms with van der Waals surface area (Å²) in [6.07, 6.45) is 0.669. The van der Waals surface area contributed by atoms with Gasteiger partial charge in [-0.25, -0.2) is 9.97 Å². The second-order valence-electron chi connectivity index (χ2n) is 4.81. The molecule has 0 radical (unpaired) electrons. The minimum absolute atomic E-state index is 0.164. The van der Waals surface area contributed by atoms with E-state index in [0.717, 1.165) is 11.3 Å². The molecule has 4 nitrogen and oxygen atoms in total. The Morgan fingerprint density at radius 1 is 1.25 bits per heavy atom. The zero-order valence-electron chi connectivity index (χ0n) is 11.6. The highest BCUT2D eigenvalue weighted by Gasteiger charge is 2.13. The number of carbonyl (C=O) groups is 1. The monoisotopic (exact) mass is 289 g/mol. The number of aryl methyl sites for hydroxylation is 1. The van der Waals surface area contributed by atoms with E-state index in [1.807, 2.05) is 24.3 Å². The normalized spacial score (nSPS) is 10.7. The molecule has 0 fully saturated rings. The first-order chi connectivity index (χ1) is 9.52. The van der Waals surface area contributed by atoms with Gasteiger partial charge in [0.15, 0.2) is 6.29 Å². The number of carbonyl (C=O) groups excluding carboxylic acids is 1. The first-order valence-electron chi connectivity index (χ1n) is 6.38. The van der Waals surface area contributed by atoms with E-state index in [-0.39, 0.29) is 10.7 Å². The van der Waals surface area contributed by atoms with Crippen molar-refractivity contribution in [3.8, 4) is 0 Å². The van der Waals surface area contributed by atoms with Gasteiger partial charge in [-0.3, -0.25) is 4.79 Å². The highest BCUT2D eigenvalue weighted by atomic mass is 35.5. The summed E-state index contributed by atoms with van der Waals surface area (Å²) < 4.78 is 0. The summed E-state index contributed by atoms with van der Waals surface area (Å²) in [7, 11) is 0. The minimum atomic E-state index is 0.164. The molecular formula is C15H16ClN3O. The molecule has 1 heterocycles. The van der Waals surface area contributed by atoms with Crippen LogP contribution >= 0.6 is 11.6 Å². The maximum absolute atomic E-state index is 11.2. The van der Waals surface area contributed by atoms with E-state index in [4.69, 9.17) is 11.6 Å². The van der Waals surface area contributed by atoms with Gasteiger partial charge in [0, 0.05) is 5.69 Å². The van der Waals surface area contributed by atoms with Crippen LogP contribution in [-0.2, 0) is 0 Å². The second kappa shape index (κ2) is 6.01. The Hall–Kier alpha value is -1.94. The lowest BCUT2D eigenvalue weighted by Crippen LogP contribution is -2.05. The molecule has 20 heavy (non-hydrogen) atoms. The fraction of sp³-hybridized carbons (Fsp3) is 0.267. The van der Waals surface area contributed by atoms with Gasteiger partial charge in [0.1, 0.15) is 16.8 Å². The van der Waals surface area contributed by atoms with Crippen LogP contribution in [-0.4, -0.2) is 16.3 Å². The average Bonchev–Trinajstić information content (AvgIpc) is 2.38. The predicted octanol–water partition coefficient (Wildman–Crippen LogP) is 4.12. The highest BCUT2D eigenvalue weighted by molar-refractivity contribution is 6.32. The Kier molecular flexibility index (Phi) is 4.35. The number of halogens is 1. The smallest absolute Gasteiger partial charge is 0.156 e. The molecule has 2 aromatic rings. The van der Waals surface area contributed by atoms with Crippen LogP contribution in [0.4, 0.5) is 11.5 Å². The van der Waals surface area contributed by atoms with E-state index in [9.17, 15) is 4.79 Å². The van der Waals surface area contributed by atoms with Gasteiger partial charge in [0.2, 0.25) is 0 Å². The highest BCUT2D eigenvalue weighted by Crippen LogP contribution is 2.28. The van der Waals surface area contributed by atoms with Gasteiger partial charge < -0.3 is 5.32 Å². The molecule has 104 valence electrons. The molecule has 0 unspecified atom stereocenters. The molecule has 0 saturated heterocycles. The molecule has 1 aromatic carbocycles. The van der Waals surface area contributed by atoms with Crippen molar-refractivity contribution < 1.29 is 4.79 Å². The van der Waals surface area contributed by atoms with E-state index in [1.54, 1.807) is 6.92 Å². The third kappa shape index (κ3) is 2.96. The van der Waals surface area contributed by atoms with E-state index >= 15 is 0 Å². The Labute approximate surface area is 123 Å². The molecule has 2 rings (SSSR count). The summed E-state index contributed by atoms with van der Waals surface area (Å²) in [6, 6.07) is 7.92. The summed E-state index contributed by atoms with van der Waals surface area (Å²) in [5, 5.41) is 3.35. The quantitative estimate of drug-likeness (QED) is 0.679. The van der Waals surface area contributed by atoms with Gasteiger partial charge in [0.05, 0.1) is 5.56 Å². The first kappa shape index (κ1) is 14.5. The van der Waals surface area contributed by atoms with Crippen LogP contribution in [0.25, 0.3) is 0 Å². The molecule has 0 saturated carbocycles. The molecule has 0 amide bonds. The van der Waals surface area contributed by atoms with Crippen LogP contribution in [0, 0.1) is 6.92 Å². The van der Waals surface area contributed by atoms with Crippen LogP contribution in [0.1, 0.15) is 41.5 Å². The Balaban J connectivity index is 2.47. The molecular weight excluding hydrogens is 274 g/mol. The summed E-state index contributed by atoms with van der Waals surface area (Å²) in [5.41, 5.74) is 2.34. The summed E-state index contributed by atoms with van der Waals surface area (Å²) in [5.74, 6) is 1.31. The van der Waals surface area contributed by atoms with Gasteiger partial charge in [-0.15, -0.1) is 0 Å². The molecule has 0 spiro atoms. The zero-order chi connectivity index (χ0) is 14.7. The Morgan fingerprint density at radius 3 is 2.60 bits per heavy atom. The largest absolute Gasteiger partial charge is 0.339 e. The van der Waals surface area contributed by atoms with E-state index in [1.165, 1.54) is 0 Å². The molecule has 0 aliphatic rings. The number of hydrogen-bond donors (Lipinski definition) is 1. The Bertz CT molecular complexity index is 641. The predicted molar refractivity (Wildman–Crippen MR) is 81.0 cm³/mol. The van der Waals surface area contributed by atoms with Gasteiger partial charge in [-0.1, -0.05) is 43.6 Å². The van der Waals surface area contributed by atoms with Crippen molar-refractivity contribution in [2.45, 2.75) is 26.7 Å². The number of nitrogens with zero attached hydrogens (tertiary/aromatic N) is 2. The molecule has 0 aliphatic carbocycles. The number of para-hydroxylation sites is 1. The number of aromatic nitrogens is 2. The summed E-state index contributed by atoms with van der Waals surface area (Å²) >= 11 is 5.98. The van der Waals surface area contributed by atoms with Crippen LogP contribution in [0.5, 0.6) is 0 Å². The number of rotatable bonds is 4. The van der Waals surface area contributed by atoms with Crippen molar-refractivity contribution in [2.75, 3.05) is 5.32 Å². The third-order valence-electron chi connectivity index (χ3n) is 2.96. The molecule has 5 heteroatoms. The van der Waals surface area contributed by atoms with Gasteiger partial charge >= 0.3 is 0 Å². The molecule has 0 atom stereocenters. The third-order valence-corrected chi connectivity index (χ3v) is 3.25. The maximum atomic E-state index is 11.2. The minimum Gasteiger partial charge on any atom is -0.339 e. The van der Waals surface area contributed by atoms with E-state index in [2.05, 4.69) is 29.1 Å². The number of benzene rings is 1. The van der Waals surface area contributed by atoms with Gasteiger partial charge in [0.25, 0.3) is 0 Å². The number of hydrogen-bond acceptors (Lipinski definition) is 4. The topological polar surface area (TPSA) is 54.9 Å². The van der Waals surface area contributed by atoms with Crippen LogP contribution < -0.4 is 5.32 Å². The zero-order valence-corrected chi connectivity index (χ0v) is 12.4. The standard InChI is InChI=1S/C15H16ClN3O/c1-9(2)11-6-4-5-7-13(11)19-15-12(8-20)14(16)17-10(3)18-15/h4-9H,1-3H3,(H,17,18,19). The van der Waals surface area contributed by atoms with Crippen molar-refractivity contribution in [2.24, 2.45) is 0 Å². The average molecular weight is 290 g/mol. The lowest BCUT2D eigenvalue weighted by molar-refractivity contribution is 0.112. The molecule has 1 aromatic heterocycles. The molecule has 0 aliphatic heterocycles. The Morgan fingerprint density at radius 2 is 1.95 bits per heavy atom. The summed E-state index contributed by atoms with van der Waals surface area (Å²) in [6.45, 7) is 5.96. The van der Waals surface area contributed by atoms with E-state index < -0.39 is 0 Å². The van der Waals surface area contributed by atoms with Crippen molar-refractivity contribution >= 4 is 29.4 Å². The van der Waals surface area contributed by atoms with Crippen molar-refractivity contribution in [1.29, 1.82) is 0 Å². The van der Waals surface area contributed by atoms with Gasteiger partial charge in [-0.05, 0) is 24.5 Å². The number of nitrogens with one attached hydrogen (secondary N) is 1. The number of anilines is 2. The lowest BCUT2D eigenvalue weighted by Gasteiger charge is -2.15. The van der Waals surface area contributed by atoms with Crippen LogP contribution in [0.15, 0.2) is 24.3 Å². The lowest BCUT2D eigenvalue weighted by atomic mass is 10.0. The van der Waals surface area contributed by atoms with Crippen molar-refractivity contribution in [3.63, 3.8) is 0 Å². The van der Waals surface area contributed by atoms with Crippen LogP contribution in [0.2, 0.25) is 5.15 Å². The number of aldehydes is 1. The van der Waals surface area contributed by atoms with Crippen molar-refractivity contribution in [3.05, 3.63) is 46.4 Å². The summed E-state index contributed by atoms with van der Waals surface area (Å²) in [4.78, 5) is 19.4. The maximum Gasteiger partial charge on any atom is 0.156 e.